The van der Waals surface area contributed by atoms with Crippen LogP contribution in [0.5, 0.6) is 5.75 Å². The van der Waals surface area contributed by atoms with Crippen LogP contribution < -0.4 is 4.74 Å². The lowest BCUT2D eigenvalue weighted by Crippen LogP contribution is -1.99. The maximum atomic E-state index is 10.6. The molecule has 0 atom stereocenters. The van der Waals surface area contributed by atoms with E-state index in [9.17, 15) is 4.79 Å². The van der Waals surface area contributed by atoms with E-state index in [2.05, 4.69) is 4.98 Å². The molecule has 0 aliphatic carbocycles. The molecule has 88 valence electrons. The predicted molar refractivity (Wildman–Crippen MR) is 65.4 cm³/mol. The molecule has 1 aromatic heterocycles. The summed E-state index contributed by atoms with van der Waals surface area (Å²) in [5, 5.41) is 11.1. The van der Waals surface area contributed by atoms with Gasteiger partial charge in [-0.2, -0.15) is 0 Å². The van der Waals surface area contributed by atoms with Crippen molar-refractivity contribution < 1.29 is 14.6 Å². The molecule has 0 aliphatic heterocycles. The first-order valence-corrected chi connectivity index (χ1v) is 5.88. The van der Waals surface area contributed by atoms with Gasteiger partial charge in [-0.3, -0.25) is 4.79 Å². The topological polar surface area (TPSA) is 59.4 Å². The molecule has 1 N–H and O–H groups in total. The smallest absolute Gasteiger partial charge is 0.310 e. The largest absolute Gasteiger partial charge is 0.496 e. The fourth-order valence-electron chi connectivity index (χ4n) is 1.50. The standard InChI is InChI=1S/C12H11NO3S/c1-16-10-5-3-2-4-8(10)9-7-17-11(13-9)6-12(14)15/h2-5,7H,6H2,1H3,(H,14,15). The van der Waals surface area contributed by atoms with Gasteiger partial charge in [-0.15, -0.1) is 11.3 Å². The summed E-state index contributed by atoms with van der Waals surface area (Å²) in [6.07, 6.45) is -0.0418. The molecule has 1 aromatic carbocycles. The van der Waals surface area contributed by atoms with Crippen molar-refractivity contribution >= 4 is 17.3 Å². The summed E-state index contributed by atoms with van der Waals surface area (Å²) in [4.78, 5) is 14.9. The van der Waals surface area contributed by atoms with Crippen LogP contribution in [0.2, 0.25) is 0 Å². The molecule has 0 bridgehead atoms. The van der Waals surface area contributed by atoms with Gasteiger partial charge in [0.2, 0.25) is 0 Å². The number of carbonyl (C=O) groups is 1. The van der Waals surface area contributed by atoms with Crippen LogP contribution in [0.15, 0.2) is 29.6 Å². The number of hydrogen-bond donors (Lipinski definition) is 1. The van der Waals surface area contributed by atoms with Crippen LogP contribution in [0.25, 0.3) is 11.3 Å². The van der Waals surface area contributed by atoms with Gasteiger partial charge in [-0.25, -0.2) is 4.98 Å². The number of carboxylic acid groups (broad SMARTS) is 1. The molecular weight excluding hydrogens is 238 g/mol. The Morgan fingerprint density at radius 1 is 1.47 bits per heavy atom. The Morgan fingerprint density at radius 2 is 2.24 bits per heavy atom. The van der Waals surface area contributed by atoms with Gasteiger partial charge in [0.25, 0.3) is 0 Å². The summed E-state index contributed by atoms with van der Waals surface area (Å²) in [5.41, 5.74) is 1.63. The van der Waals surface area contributed by atoms with Crippen LogP contribution >= 0.6 is 11.3 Å². The molecule has 17 heavy (non-hydrogen) atoms. The number of benzene rings is 1. The molecule has 0 amide bonds. The summed E-state index contributed by atoms with van der Waals surface area (Å²) in [6, 6.07) is 7.53. The van der Waals surface area contributed by atoms with E-state index in [4.69, 9.17) is 9.84 Å². The van der Waals surface area contributed by atoms with Crippen molar-refractivity contribution in [3.63, 3.8) is 0 Å². The van der Waals surface area contributed by atoms with Crippen LogP contribution in [0.3, 0.4) is 0 Å². The highest BCUT2D eigenvalue weighted by Gasteiger charge is 2.10. The average Bonchev–Trinajstić information content (AvgIpc) is 2.76. The number of ether oxygens (including phenoxy) is 1. The highest BCUT2D eigenvalue weighted by molar-refractivity contribution is 7.10. The Labute approximate surface area is 103 Å². The molecule has 0 aliphatic rings. The number of aliphatic carboxylic acids is 1. The first kappa shape index (κ1) is 11.6. The molecule has 0 saturated heterocycles. The maximum absolute atomic E-state index is 10.6. The van der Waals surface area contributed by atoms with E-state index in [1.54, 1.807) is 7.11 Å². The Morgan fingerprint density at radius 3 is 2.94 bits per heavy atom. The Hall–Kier alpha value is -1.88. The van der Waals surface area contributed by atoms with Gasteiger partial charge >= 0.3 is 5.97 Å². The number of carboxylic acids is 1. The average molecular weight is 249 g/mol. The van der Waals surface area contributed by atoms with Gasteiger partial charge in [-0.1, -0.05) is 12.1 Å². The van der Waals surface area contributed by atoms with E-state index < -0.39 is 5.97 Å². The number of aromatic nitrogens is 1. The molecule has 0 fully saturated rings. The number of nitrogens with zero attached hydrogens (tertiary/aromatic N) is 1. The number of methoxy groups -OCH3 is 1. The minimum absolute atomic E-state index is 0.0418. The van der Waals surface area contributed by atoms with Crippen molar-refractivity contribution in [3.8, 4) is 17.0 Å². The second kappa shape index (κ2) is 4.97. The lowest BCUT2D eigenvalue weighted by molar-refractivity contribution is -0.136. The lowest BCUT2D eigenvalue weighted by Gasteiger charge is -2.04. The monoisotopic (exact) mass is 249 g/mol. The van der Waals surface area contributed by atoms with Gasteiger partial charge < -0.3 is 9.84 Å². The fourth-order valence-corrected chi connectivity index (χ4v) is 2.29. The van der Waals surface area contributed by atoms with Gasteiger partial charge in [0.1, 0.15) is 10.8 Å². The minimum atomic E-state index is -0.870. The van der Waals surface area contributed by atoms with E-state index in [1.165, 1.54) is 11.3 Å². The third-order valence-electron chi connectivity index (χ3n) is 2.24. The van der Waals surface area contributed by atoms with E-state index in [0.29, 0.717) is 5.01 Å². The summed E-state index contributed by atoms with van der Waals surface area (Å²) in [6.45, 7) is 0. The first-order chi connectivity index (χ1) is 8.20. The molecule has 4 nitrogen and oxygen atoms in total. The number of rotatable bonds is 4. The number of thiazole rings is 1. The summed E-state index contributed by atoms with van der Waals surface area (Å²) >= 11 is 1.34. The van der Waals surface area contributed by atoms with Gasteiger partial charge in [0.05, 0.1) is 19.2 Å². The van der Waals surface area contributed by atoms with Gasteiger partial charge in [0.15, 0.2) is 0 Å². The summed E-state index contributed by atoms with van der Waals surface area (Å²) in [5.74, 6) is -0.134. The van der Waals surface area contributed by atoms with E-state index in [-0.39, 0.29) is 6.42 Å². The quantitative estimate of drug-likeness (QED) is 0.904. The van der Waals surface area contributed by atoms with Crippen LogP contribution in [0.4, 0.5) is 0 Å². The van der Waals surface area contributed by atoms with Crippen LogP contribution in [-0.2, 0) is 11.2 Å². The highest BCUT2D eigenvalue weighted by Crippen LogP contribution is 2.30. The van der Waals surface area contributed by atoms with Crippen molar-refractivity contribution in [2.24, 2.45) is 0 Å². The second-order valence-corrected chi connectivity index (χ2v) is 4.34. The Kier molecular flexibility index (Phi) is 3.39. The summed E-state index contributed by atoms with van der Waals surface area (Å²) < 4.78 is 5.24. The van der Waals surface area contributed by atoms with Crippen molar-refractivity contribution in [3.05, 3.63) is 34.7 Å². The molecule has 0 unspecified atom stereocenters. The number of hydrogen-bond acceptors (Lipinski definition) is 4. The molecule has 0 spiro atoms. The van der Waals surface area contributed by atoms with Crippen molar-refractivity contribution in [2.75, 3.05) is 7.11 Å². The molecule has 0 radical (unpaired) electrons. The molecule has 0 saturated carbocycles. The lowest BCUT2D eigenvalue weighted by atomic mass is 10.1. The first-order valence-electron chi connectivity index (χ1n) is 5.00. The second-order valence-electron chi connectivity index (χ2n) is 3.40. The van der Waals surface area contributed by atoms with E-state index >= 15 is 0 Å². The third kappa shape index (κ3) is 2.62. The zero-order valence-corrected chi connectivity index (χ0v) is 10.0. The molecule has 1 heterocycles. The molecule has 5 heteroatoms. The van der Waals surface area contributed by atoms with Crippen molar-refractivity contribution in [2.45, 2.75) is 6.42 Å². The molecule has 2 aromatic rings. The van der Waals surface area contributed by atoms with Crippen LogP contribution in [0.1, 0.15) is 5.01 Å². The van der Waals surface area contributed by atoms with Crippen molar-refractivity contribution in [1.82, 2.24) is 4.98 Å². The Balaban J connectivity index is 2.33. The zero-order chi connectivity index (χ0) is 12.3. The highest BCUT2D eigenvalue weighted by atomic mass is 32.1. The van der Waals surface area contributed by atoms with E-state index in [0.717, 1.165) is 17.0 Å². The van der Waals surface area contributed by atoms with Crippen molar-refractivity contribution in [1.29, 1.82) is 0 Å². The fraction of sp³-hybridized carbons (Fsp3) is 0.167. The Bertz CT molecular complexity index is 536. The van der Waals surface area contributed by atoms with Gasteiger partial charge in [-0.05, 0) is 12.1 Å². The SMILES string of the molecule is COc1ccccc1-c1csc(CC(=O)O)n1. The van der Waals surface area contributed by atoms with Crippen LogP contribution in [-0.4, -0.2) is 23.2 Å². The third-order valence-corrected chi connectivity index (χ3v) is 3.09. The van der Waals surface area contributed by atoms with Gasteiger partial charge in [0, 0.05) is 10.9 Å². The number of para-hydroxylation sites is 1. The minimum Gasteiger partial charge on any atom is -0.496 e. The normalized spacial score (nSPS) is 10.2. The zero-order valence-electron chi connectivity index (χ0n) is 9.21. The molecular formula is C12H11NO3S. The predicted octanol–water partition coefficient (Wildman–Crippen LogP) is 2.45. The summed E-state index contributed by atoms with van der Waals surface area (Å²) in [7, 11) is 1.60. The maximum Gasteiger partial charge on any atom is 0.310 e. The van der Waals surface area contributed by atoms with E-state index in [1.807, 2.05) is 29.6 Å². The van der Waals surface area contributed by atoms with Crippen LogP contribution in [0, 0.1) is 0 Å². The molecule has 2 rings (SSSR count).